The summed E-state index contributed by atoms with van der Waals surface area (Å²) in [5.41, 5.74) is 6.70. The van der Waals surface area contributed by atoms with Crippen molar-refractivity contribution in [3.8, 4) is 5.75 Å². The van der Waals surface area contributed by atoms with E-state index >= 15 is 0 Å². The summed E-state index contributed by atoms with van der Waals surface area (Å²) in [5, 5.41) is 3.00. The molecule has 2 amide bonds. The molecule has 2 aromatic carbocycles. The quantitative estimate of drug-likeness (QED) is 0.715. The number of ether oxygens (including phenoxy) is 2. The van der Waals surface area contributed by atoms with Crippen LogP contribution in [0.15, 0.2) is 42.5 Å². The molecule has 156 valence electrons. The fourth-order valence-electron chi connectivity index (χ4n) is 3.32. The summed E-state index contributed by atoms with van der Waals surface area (Å²) in [4.78, 5) is 13.5. The second-order valence-corrected chi connectivity index (χ2v) is 7.39. The Morgan fingerprint density at radius 2 is 2.10 bits per heavy atom. The summed E-state index contributed by atoms with van der Waals surface area (Å²) >= 11 is 5.97. The summed E-state index contributed by atoms with van der Waals surface area (Å²) in [6, 6.07) is 10.9. The molecule has 1 heterocycles. The smallest absolute Gasteiger partial charge is 0.316 e. The summed E-state index contributed by atoms with van der Waals surface area (Å²) in [6.45, 7) is 3.54. The SMILES string of the molecule is NC(=O)Nc1cc(Cl)ccc1OCCN1CCCOC(Cc2ccc(F)cc2)C1. The monoisotopic (exact) mass is 421 g/mol. The third kappa shape index (κ3) is 6.88. The maximum absolute atomic E-state index is 13.1. The number of carbonyl (C=O) groups excluding carboxylic acids is 1. The standard InChI is InChI=1S/C21H25ClFN3O3/c22-16-4-7-20(19(13-16)25-21(24)27)29-11-9-26-8-1-10-28-18(14-26)12-15-2-5-17(23)6-3-15/h2-7,13,18H,1,8-12,14H2,(H3,24,25,27). The van der Waals surface area contributed by atoms with Gasteiger partial charge in [-0.05, 0) is 48.7 Å². The van der Waals surface area contributed by atoms with E-state index in [2.05, 4.69) is 10.2 Å². The zero-order chi connectivity index (χ0) is 20.6. The van der Waals surface area contributed by atoms with Gasteiger partial charge >= 0.3 is 6.03 Å². The summed E-state index contributed by atoms with van der Waals surface area (Å²) in [6.07, 6.45) is 1.72. The van der Waals surface area contributed by atoms with Crippen molar-refractivity contribution in [3.05, 3.63) is 58.9 Å². The third-order valence-electron chi connectivity index (χ3n) is 4.68. The number of urea groups is 1. The zero-order valence-electron chi connectivity index (χ0n) is 16.1. The Labute approximate surface area is 174 Å². The van der Waals surface area contributed by atoms with Gasteiger partial charge < -0.3 is 20.5 Å². The highest BCUT2D eigenvalue weighted by molar-refractivity contribution is 6.31. The number of rotatable bonds is 7. The van der Waals surface area contributed by atoms with Crippen LogP contribution in [0.5, 0.6) is 5.75 Å². The number of primary amides is 1. The average molecular weight is 422 g/mol. The highest BCUT2D eigenvalue weighted by atomic mass is 35.5. The van der Waals surface area contributed by atoms with Gasteiger partial charge in [-0.1, -0.05) is 23.7 Å². The van der Waals surface area contributed by atoms with Crippen LogP contribution >= 0.6 is 11.6 Å². The number of benzene rings is 2. The van der Waals surface area contributed by atoms with Crippen LogP contribution in [0.25, 0.3) is 0 Å². The fraction of sp³-hybridized carbons (Fsp3) is 0.381. The lowest BCUT2D eigenvalue weighted by Crippen LogP contribution is -2.35. The van der Waals surface area contributed by atoms with Gasteiger partial charge in [-0.15, -0.1) is 0 Å². The predicted octanol–water partition coefficient (Wildman–Crippen LogP) is 3.68. The molecule has 1 fully saturated rings. The van der Waals surface area contributed by atoms with Crippen LogP contribution in [0.2, 0.25) is 5.02 Å². The lowest BCUT2D eigenvalue weighted by Gasteiger charge is -2.24. The summed E-state index contributed by atoms with van der Waals surface area (Å²) in [7, 11) is 0. The van der Waals surface area contributed by atoms with Gasteiger partial charge in [0.1, 0.15) is 18.2 Å². The highest BCUT2D eigenvalue weighted by Crippen LogP contribution is 2.28. The van der Waals surface area contributed by atoms with Gasteiger partial charge in [0.2, 0.25) is 0 Å². The zero-order valence-corrected chi connectivity index (χ0v) is 16.8. The van der Waals surface area contributed by atoms with E-state index in [1.165, 1.54) is 12.1 Å². The lowest BCUT2D eigenvalue weighted by molar-refractivity contribution is 0.0531. The van der Waals surface area contributed by atoms with Crippen molar-refractivity contribution >= 4 is 23.3 Å². The van der Waals surface area contributed by atoms with E-state index in [-0.39, 0.29) is 11.9 Å². The van der Waals surface area contributed by atoms with Gasteiger partial charge in [-0.2, -0.15) is 0 Å². The highest BCUT2D eigenvalue weighted by Gasteiger charge is 2.19. The van der Waals surface area contributed by atoms with Gasteiger partial charge in [0.15, 0.2) is 0 Å². The number of carbonyl (C=O) groups is 1. The topological polar surface area (TPSA) is 76.8 Å². The summed E-state index contributed by atoms with van der Waals surface area (Å²) in [5.74, 6) is 0.281. The molecule has 2 aromatic rings. The van der Waals surface area contributed by atoms with Crippen LogP contribution < -0.4 is 15.8 Å². The maximum atomic E-state index is 13.1. The minimum absolute atomic E-state index is 0.0468. The third-order valence-corrected chi connectivity index (χ3v) is 4.91. The fourth-order valence-corrected chi connectivity index (χ4v) is 3.50. The van der Waals surface area contributed by atoms with E-state index in [4.69, 9.17) is 26.8 Å². The first-order valence-corrected chi connectivity index (χ1v) is 9.94. The molecule has 0 spiro atoms. The maximum Gasteiger partial charge on any atom is 0.316 e. The molecule has 0 bridgehead atoms. The van der Waals surface area contributed by atoms with Crippen molar-refractivity contribution in [2.45, 2.75) is 18.9 Å². The molecule has 0 radical (unpaired) electrons. The Morgan fingerprint density at radius 3 is 2.86 bits per heavy atom. The molecule has 1 aliphatic rings. The molecular formula is C21H25ClFN3O3. The molecule has 3 rings (SSSR count). The second kappa shape index (κ2) is 10.4. The molecule has 0 saturated carbocycles. The molecule has 3 N–H and O–H groups in total. The van der Waals surface area contributed by atoms with E-state index < -0.39 is 6.03 Å². The number of nitrogens with two attached hydrogens (primary N) is 1. The van der Waals surface area contributed by atoms with Gasteiger partial charge in [0, 0.05) is 31.3 Å². The van der Waals surface area contributed by atoms with Crippen LogP contribution in [-0.4, -0.2) is 49.9 Å². The van der Waals surface area contributed by atoms with Gasteiger partial charge in [-0.3, -0.25) is 4.90 Å². The Hall–Kier alpha value is -2.35. The number of nitrogens with zero attached hydrogens (tertiary/aromatic N) is 1. The normalized spacial score (nSPS) is 17.5. The van der Waals surface area contributed by atoms with E-state index in [1.807, 2.05) is 0 Å². The lowest BCUT2D eigenvalue weighted by atomic mass is 10.1. The Bertz CT molecular complexity index is 819. The molecule has 1 unspecified atom stereocenters. The van der Waals surface area contributed by atoms with Crippen molar-refractivity contribution in [3.63, 3.8) is 0 Å². The largest absolute Gasteiger partial charge is 0.490 e. The number of amides is 2. The number of nitrogens with one attached hydrogen (secondary N) is 1. The van der Waals surface area contributed by atoms with Gasteiger partial charge in [-0.25, -0.2) is 9.18 Å². The molecule has 1 saturated heterocycles. The van der Waals surface area contributed by atoms with Gasteiger partial charge in [0.25, 0.3) is 0 Å². The van der Waals surface area contributed by atoms with E-state index in [0.717, 1.165) is 31.5 Å². The first-order chi connectivity index (χ1) is 14.0. The Balaban J connectivity index is 1.53. The van der Waals surface area contributed by atoms with Gasteiger partial charge in [0.05, 0.1) is 11.8 Å². The van der Waals surface area contributed by atoms with Crippen LogP contribution in [-0.2, 0) is 11.2 Å². The molecular weight excluding hydrogens is 397 g/mol. The van der Waals surface area contributed by atoms with Crippen molar-refractivity contribution in [1.82, 2.24) is 4.90 Å². The number of hydrogen-bond donors (Lipinski definition) is 2. The van der Waals surface area contributed by atoms with Crippen molar-refractivity contribution in [1.29, 1.82) is 0 Å². The molecule has 29 heavy (non-hydrogen) atoms. The van der Waals surface area contributed by atoms with Crippen molar-refractivity contribution < 1.29 is 18.7 Å². The minimum atomic E-state index is -0.676. The van der Waals surface area contributed by atoms with E-state index in [0.29, 0.717) is 36.2 Å². The molecule has 0 aromatic heterocycles. The molecule has 0 aliphatic carbocycles. The van der Waals surface area contributed by atoms with Crippen LogP contribution in [0.4, 0.5) is 14.9 Å². The number of hydrogen-bond acceptors (Lipinski definition) is 4. The molecule has 6 nitrogen and oxygen atoms in total. The van der Waals surface area contributed by atoms with Crippen LogP contribution in [0.1, 0.15) is 12.0 Å². The number of halogens is 2. The average Bonchev–Trinajstić information content (AvgIpc) is 2.90. The molecule has 1 atom stereocenters. The predicted molar refractivity (Wildman–Crippen MR) is 111 cm³/mol. The Morgan fingerprint density at radius 1 is 1.31 bits per heavy atom. The first kappa shape index (κ1) is 21.4. The molecule has 1 aliphatic heterocycles. The van der Waals surface area contributed by atoms with Crippen molar-refractivity contribution in [2.24, 2.45) is 5.73 Å². The number of anilines is 1. The minimum Gasteiger partial charge on any atom is -0.490 e. The van der Waals surface area contributed by atoms with Crippen molar-refractivity contribution in [2.75, 3.05) is 38.2 Å². The van der Waals surface area contributed by atoms with E-state index in [9.17, 15) is 9.18 Å². The van der Waals surface area contributed by atoms with E-state index in [1.54, 1.807) is 30.3 Å². The van der Waals surface area contributed by atoms with Crippen LogP contribution in [0, 0.1) is 5.82 Å². The second-order valence-electron chi connectivity index (χ2n) is 6.96. The molecule has 8 heteroatoms. The Kier molecular flexibility index (Phi) is 7.69. The summed E-state index contributed by atoms with van der Waals surface area (Å²) < 4.78 is 24.9. The first-order valence-electron chi connectivity index (χ1n) is 9.57. The van der Waals surface area contributed by atoms with Crippen LogP contribution in [0.3, 0.4) is 0 Å².